The number of aryl methyl sites for hydroxylation is 1. The van der Waals surface area contributed by atoms with Crippen LogP contribution in [0.1, 0.15) is 22.8 Å². The van der Waals surface area contributed by atoms with Gasteiger partial charge in [-0.1, -0.05) is 17.7 Å². The van der Waals surface area contributed by atoms with Crippen LogP contribution in [0.3, 0.4) is 0 Å². The molecule has 0 aliphatic rings. The van der Waals surface area contributed by atoms with Crippen molar-refractivity contribution in [2.45, 2.75) is 20.5 Å². The molecule has 6 nitrogen and oxygen atoms in total. The minimum Gasteiger partial charge on any atom is -0.493 e. The van der Waals surface area contributed by atoms with Gasteiger partial charge in [0, 0.05) is 22.8 Å². The van der Waals surface area contributed by atoms with Gasteiger partial charge in [0.25, 0.3) is 5.91 Å². The summed E-state index contributed by atoms with van der Waals surface area (Å²) < 4.78 is 34.3. The van der Waals surface area contributed by atoms with E-state index in [9.17, 15) is 18.4 Å². The van der Waals surface area contributed by atoms with E-state index in [1.807, 2.05) is 6.92 Å². The first-order valence-corrected chi connectivity index (χ1v) is 9.11. The summed E-state index contributed by atoms with van der Waals surface area (Å²) in [6, 6.07) is 8.96. The number of anilines is 1. The fourth-order valence-electron chi connectivity index (χ4n) is 2.60. The number of amides is 2. The van der Waals surface area contributed by atoms with Crippen LogP contribution in [0.25, 0.3) is 0 Å². The van der Waals surface area contributed by atoms with Gasteiger partial charge in [0.05, 0.1) is 7.11 Å². The van der Waals surface area contributed by atoms with Gasteiger partial charge < -0.3 is 19.7 Å². The van der Waals surface area contributed by atoms with Crippen LogP contribution in [-0.2, 0) is 4.79 Å². The zero-order chi connectivity index (χ0) is 21.6. The van der Waals surface area contributed by atoms with Crippen LogP contribution in [0.5, 0.6) is 11.5 Å². The number of carbonyl (C=O) groups is 2. The molecular weight excluding hydrogens is 406 g/mol. The van der Waals surface area contributed by atoms with Gasteiger partial charge >= 0.3 is 6.61 Å². The van der Waals surface area contributed by atoms with Crippen LogP contribution in [-0.4, -0.2) is 43.5 Å². The highest BCUT2D eigenvalue weighted by molar-refractivity contribution is 6.31. The number of alkyl halides is 2. The first kappa shape index (κ1) is 22.4. The molecule has 0 atom stereocenters. The van der Waals surface area contributed by atoms with E-state index in [1.165, 1.54) is 30.2 Å². The highest BCUT2D eigenvalue weighted by atomic mass is 35.5. The Morgan fingerprint density at radius 3 is 2.52 bits per heavy atom. The van der Waals surface area contributed by atoms with E-state index in [4.69, 9.17) is 16.3 Å². The maximum absolute atomic E-state index is 12.8. The van der Waals surface area contributed by atoms with Gasteiger partial charge in [-0.3, -0.25) is 9.59 Å². The fraction of sp³-hybridized carbons (Fsp3) is 0.300. The zero-order valence-corrected chi connectivity index (χ0v) is 16.9. The molecule has 0 fully saturated rings. The number of rotatable bonds is 8. The molecule has 2 rings (SSSR count). The smallest absolute Gasteiger partial charge is 0.387 e. The second-order valence-corrected chi connectivity index (χ2v) is 6.51. The number of halogens is 3. The second kappa shape index (κ2) is 10.1. The number of benzene rings is 2. The largest absolute Gasteiger partial charge is 0.493 e. The first-order valence-electron chi connectivity index (χ1n) is 8.73. The predicted molar refractivity (Wildman–Crippen MR) is 106 cm³/mol. The minimum atomic E-state index is -3.02. The van der Waals surface area contributed by atoms with Gasteiger partial charge in [-0.05, 0) is 49.7 Å². The summed E-state index contributed by atoms with van der Waals surface area (Å²) in [7, 11) is 1.28. The molecule has 29 heavy (non-hydrogen) atoms. The lowest BCUT2D eigenvalue weighted by Crippen LogP contribution is -2.38. The number of ether oxygens (including phenoxy) is 2. The SMILES string of the molecule is CCN(CC(=O)Nc1cc(Cl)ccc1C)C(=O)c1ccc(OC(F)F)c(OC)c1. The number of methoxy groups -OCH3 is 1. The molecule has 0 spiro atoms. The third-order valence-corrected chi connectivity index (χ3v) is 4.34. The van der Waals surface area contributed by atoms with Crippen LogP contribution in [0, 0.1) is 6.92 Å². The normalized spacial score (nSPS) is 10.6. The average Bonchev–Trinajstić information content (AvgIpc) is 2.68. The standard InChI is InChI=1S/C20H21ClF2N2O4/c1-4-25(11-18(26)24-15-10-14(21)7-5-12(15)2)19(27)13-6-8-16(29-20(22)23)17(9-13)28-3/h5-10,20H,4,11H2,1-3H3,(H,24,26). The van der Waals surface area contributed by atoms with Crippen LogP contribution in [0.15, 0.2) is 36.4 Å². The molecule has 2 amide bonds. The maximum Gasteiger partial charge on any atom is 0.387 e. The Bertz CT molecular complexity index is 893. The van der Waals surface area contributed by atoms with Gasteiger partial charge in [0.1, 0.15) is 6.54 Å². The number of nitrogens with zero attached hydrogens (tertiary/aromatic N) is 1. The molecule has 2 aromatic carbocycles. The van der Waals surface area contributed by atoms with Crippen LogP contribution in [0.2, 0.25) is 5.02 Å². The number of hydrogen-bond acceptors (Lipinski definition) is 4. The molecule has 0 aromatic heterocycles. The van der Waals surface area contributed by atoms with Crippen molar-refractivity contribution in [3.05, 3.63) is 52.5 Å². The van der Waals surface area contributed by atoms with E-state index in [-0.39, 0.29) is 30.2 Å². The minimum absolute atomic E-state index is 0.00814. The quantitative estimate of drug-likeness (QED) is 0.681. The van der Waals surface area contributed by atoms with Gasteiger partial charge in [-0.15, -0.1) is 0 Å². The lowest BCUT2D eigenvalue weighted by molar-refractivity contribution is -0.116. The van der Waals surface area contributed by atoms with E-state index < -0.39 is 18.4 Å². The number of nitrogens with one attached hydrogen (secondary N) is 1. The zero-order valence-electron chi connectivity index (χ0n) is 16.2. The molecule has 0 saturated carbocycles. The maximum atomic E-state index is 12.8. The van der Waals surface area contributed by atoms with Gasteiger partial charge in [-0.2, -0.15) is 8.78 Å². The van der Waals surface area contributed by atoms with E-state index in [0.29, 0.717) is 10.7 Å². The van der Waals surface area contributed by atoms with Crippen molar-refractivity contribution in [2.75, 3.05) is 25.5 Å². The molecule has 2 aromatic rings. The third-order valence-electron chi connectivity index (χ3n) is 4.10. The van der Waals surface area contributed by atoms with E-state index in [0.717, 1.165) is 5.56 Å². The monoisotopic (exact) mass is 426 g/mol. The van der Waals surface area contributed by atoms with Crippen LogP contribution >= 0.6 is 11.6 Å². The molecule has 156 valence electrons. The van der Waals surface area contributed by atoms with Crippen molar-refractivity contribution < 1.29 is 27.8 Å². The third kappa shape index (κ3) is 6.05. The first-order chi connectivity index (χ1) is 13.7. The molecular formula is C20H21ClF2N2O4. The fourth-order valence-corrected chi connectivity index (χ4v) is 2.77. The van der Waals surface area contributed by atoms with Crippen LogP contribution in [0.4, 0.5) is 14.5 Å². The molecule has 0 aliphatic carbocycles. The summed E-state index contributed by atoms with van der Waals surface area (Å²) in [6.07, 6.45) is 0. The summed E-state index contributed by atoms with van der Waals surface area (Å²) in [4.78, 5) is 26.5. The number of likely N-dealkylation sites (N-methyl/N-ethyl adjacent to an activating group) is 1. The highest BCUT2D eigenvalue weighted by Gasteiger charge is 2.20. The highest BCUT2D eigenvalue weighted by Crippen LogP contribution is 2.30. The Labute approximate surface area is 172 Å². The second-order valence-electron chi connectivity index (χ2n) is 6.07. The van der Waals surface area contributed by atoms with Crippen molar-refractivity contribution in [1.29, 1.82) is 0 Å². The predicted octanol–water partition coefficient (Wildman–Crippen LogP) is 4.36. The lowest BCUT2D eigenvalue weighted by atomic mass is 10.1. The number of hydrogen-bond donors (Lipinski definition) is 1. The Balaban J connectivity index is 2.13. The topological polar surface area (TPSA) is 67.9 Å². The van der Waals surface area contributed by atoms with Crippen LogP contribution < -0.4 is 14.8 Å². The molecule has 0 radical (unpaired) electrons. The molecule has 0 unspecified atom stereocenters. The van der Waals surface area contributed by atoms with Crippen molar-refractivity contribution >= 4 is 29.1 Å². The van der Waals surface area contributed by atoms with Gasteiger partial charge in [0.2, 0.25) is 5.91 Å². The van der Waals surface area contributed by atoms with E-state index in [2.05, 4.69) is 10.1 Å². The summed E-state index contributed by atoms with van der Waals surface area (Å²) in [5.74, 6) is -1.04. The Hall–Kier alpha value is -2.87. The molecule has 9 heteroatoms. The van der Waals surface area contributed by atoms with Crippen molar-refractivity contribution in [3.63, 3.8) is 0 Å². The molecule has 0 aliphatic heterocycles. The van der Waals surface area contributed by atoms with E-state index in [1.54, 1.807) is 25.1 Å². The molecule has 0 bridgehead atoms. The summed E-state index contributed by atoms with van der Waals surface area (Å²) in [5.41, 5.74) is 1.56. The molecule has 0 saturated heterocycles. The summed E-state index contributed by atoms with van der Waals surface area (Å²) >= 11 is 5.95. The van der Waals surface area contributed by atoms with Crippen molar-refractivity contribution in [3.8, 4) is 11.5 Å². The van der Waals surface area contributed by atoms with Gasteiger partial charge in [0.15, 0.2) is 11.5 Å². The Kier molecular flexibility index (Phi) is 7.78. The van der Waals surface area contributed by atoms with Crippen molar-refractivity contribution in [1.82, 2.24) is 4.90 Å². The van der Waals surface area contributed by atoms with Crippen molar-refractivity contribution in [2.24, 2.45) is 0 Å². The summed E-state index contributed by atoms with van der Waals surface area (Å²) in [5, 5.41) is 3.21. The molecule has 0 heterocycles. The lowest BCUT2D eigenvalue weighted by Gasteiger charge is -2.21. The van der Waals surface area contributed by atoms with Gasteiger partial charge in [-0.25, -0.2) is 0 Å². The summed E-state index contributed by atoms with van der Waals surface area (Å²) in [6.45, 7) is 0.596. The Morgan fingerprint density at radius 1 is 1.17 bits per heavy atom. The van der Waals surface area contributed by atoms with E-state index >= 15 is 0 Å². The Morgan fingerprint density at radius 2 is 1.90 bits per heavy atom. The number of carbonyl (C=O) groups excluding carboxylic acids is 2. The average molecular weight is 427 g/mol. The molecule has 1 N–H and O–H groups in total.